The lowest BCUT2D eigenvalue weighted by molar-refractivity contribution is -0.160. The summed E-state index contributed by atoms with van der Waals surface area (Å²) in [5, 5.41) is 8.69. The maximum Gasteiger partial charge on any atom is 0.404 e. The summed E-state index contributed by atoms with van der Waals surface area (Å²) in [5.41, 5.74) is 13.3. The Morgan fingerprint density at radius 1 is 0.945 bits per heavy atom. The Labute approximate surface area is 426 Å². The van der Waals surface area contributed by atoms with Crippen LogP contribution in [0.4, 0.5) is 4.79 Å². The van der Waals surface area contributed by atoms with Crippen molar-refractivity contribution in [2.45, 2.75) is 136 Å². The number of rotatable bonds is 19. The number of oxazole rings is 3. The number of cyclic esters (lactones) is 1. The van der Waals surface area contributed by atoms with Crippen LogP contribution in [-0.4, -0.2) is 125 Å². The Balaban J connectivity index is 1.44. The highest BCUT2D eigenvalue weighted by Crippen LogP contribution is 2.39. The van der Waals surface area contributed by atoms with Gasteiger partial charge in [-0.2, -0.15) is 0 Å². The predicted octanol–water partition coefficient (Wildman–Crippen LogP) is 7.13. The summed E-state index contributed by atoms with van der Waals surface area (Å²) >= 11 is 0. The SMILES string of the molecule is CO[C@H]([C@H](C)/C=C/N(C)C=O)[C@@H](C)C(=O)CC[C@H](C)[C@@H](C[C@@H]1OC(=O)CC(OC(N)=O)C[C@H](C)C[C@@H](n2cc(CN)nn2)[C@H](C)[C@H](OC)c2coc(n2)-c2coc(n2)-c2coc(n2)/C=C/C[C@H](OC)[C@@H]1C)OC. The summed E-state index contributed by atoms with van der Waals surface area (Å²) in [6.07, 6.45) is 10.9. The number of hydrogen-bond donors (Lipinski definition) is 2. The molecule has 1 aliphatic heterocycles. The van der Waals surface area contributed by atoms with E-state index in [1.54, 1.807) is 58.6 Å². The van der Waals surface area contributed by atoms with Gasteiger partial charge in [-0.15, -0.1) is 5.10 Å². The van der Waals surface area contributed by atoms with Gasteiger partial charge in [0.15, 0.2) is 11.4 Å². The van der Waals surface area contributed by atoms with E-state index in [1.807, 2.05) is 53.7 Å². The first kappa shape index (κ1) is 57.8. The summed E-state index contributed by atoms with van der Waals surface area (Å²) in [7, 11) is 7.95. The van der Waals surface area contributed by atoms with Crippen molar-refractivity contribution < 1.29 is 60.9 Å². The van der Waals surface area contributed by atoms with E-state index in [0.29, 0.717) is 48.4 Å². The van der Waals surface area contributed by atoms with Gasteiger partial charge in [-0.3, -0.25) is 14.4 Å². The van der Waals surface area contributed by atoms with Crippen LogP contribution in [0.25, 0.3) is 29.2 Å². The minimum Gasteiger partial charge on any atom is -0.462 e. The average Bonchev–Trinajstić information content (AvgIpc) is 4.22. The Kier molecular flexibility index (Phi) is 22.0. The number of amides is 2. The number of ketones is 1. The molecule has 0 saturated carbocycles. The van der Waals surface area contributed by atoms with Crippen molar-refractivity contribution in [2.24, 2.45) is 47.0 Å². The fraction of sp³-hybridized carbons (Fsp3) is 0.627. The van der Waals surface area contributed by atoms with Crippen molar-refractivity contribution in [1.29, 1.82) is 0 Å². The topological polar surface area (TPSA) is 288 Å². The molecule has 22 nitrogen and oxygen atoms in total. The number of nitrogens with zero attached hydrogens (tertiary/aromatic N) is 7. The molecule has 0 spiro atoms. The van der Waals surface area contributed by atoms with Gasteiger partial charge in [-0.05, 0) is 43.6 Å². The summed E-state index contributed by atoms with van der Waals surface area (Å²) in [4.78, 5) is 66.7. The lowest BCUT2D eigenvalue weighted by Gasteiger charge is -2.34. The molecule has 5 rings (SSSR count). The van der Waals surface area contributed by atoms with Crippen LogP contribution >= 0.6 is 0 Å². The van der Waals surface area contributed by atoms with Crippen molar-refractivity contribution in [3.63, 3.8) is 0 Å². The number of primary amides is 1. The van der Waals surface area contributed by atoms with Crippen LogP contribution < -0.4 is 11.5 Å². The first-order chi connectivity index (χ1) is 34.9. The maximum atomic E-state index is 14.2. The van der Waals surface area contributed by atoms with Gasteiger partial charge in [0.1, 0.15) is 48.6 Å². The number of hydrogen-bond acceptors (Lipinski definition) is 19. The molecule has 1 aliphatic rings. The third-order valence-corrected chi connectivity index (χ3v) is 13.9. The van der Waals surface area contributed by atoms with E-state index in [0.717, 1.165) is 0 Å². The molecule has 2 amide bonds. The molecular weight excluding hydrogens is 947 g/mol. The van der Waals surface area contributed by atoms with E-state index in [4.69, 9.17) is 58.1 Å². The second-order valence-corrected chi connectivity index (χ2v) is 19.3. The van der Waals surface area contributed by atoms with Gasteiger partial charge >= 0.3 is 12.1 Å². The predicted molar refractivity (Wildman–Crippen MR) is 265 cm³/mol. The molecule has 22 heteroatoms. The number of methoxy groups -OCH3 is 4. The van der Waals surface area contributed by atoms with Crippen molar-refractivity contribution in [3.8, 4) is 23.2 Å². The molecule has 0 saturated heterocycles. The van der Waals surface area contributed by atoms with Gasteiger partial charge in [0.2, 0.25) is 24.1 Å². The summed E-state index contributed by atoms with van der Waals surface area (Å²) in [5.74, 6) is -1.61. The smallest absolute Gasteiger partial charge is 0.404 e. The molecule has 0 fully saturated rings. The Morgan fingerprint density at radius 2 is 1.66 bits per heavy atom. The van der Waals surface area contributed by atoms with E-state index in [9.17, 15) is 19.2 Å². The largest absolute Gasteiger partial charge is 0.462 e. The normalized spacial score (nSPS) is 25.1. The molecule has 4 aromatic heterocycles. The Morgan fingerprint density at radius 3 is 2.32 bits per heavy atom. The van der Waals surface area contributed by atoms with Crippen molar-refractivity contribution in [3.05, 3.63) is 60.6 Å². The molecule has 73 heavy (non-hydrogen) atoms. The molecule has 1 unspecified atom stereocenters. The molecule has 5 heterocycles. The fourth-order valence-corrected chi connectivity index (χ4v) is 9.61. The van der Waals surface area contributed by atoms with Crippen LogP contribution in [0.1, 0.15) is 116 Å². The van der Waals surface area contributed by atoms with Crippen LogP contribution in [0.5, 0.6) is 0 Å². The van der Waals surface area contributed by atoms with E-state index in [2.05, 4.69) is 20.3 Å². The Bertz CT molecular complexity index is 2410. The Hall–Kier alpha value is -6.07. The first-order valence-corrected chi connectivity index (χ1v) is 24.7. The number of fused-ring (bicyclic) bond motifs is 8. The quantitative estimate of drug-likeness (QED) is 0.0697. The minimum absolute atomic E-state index is 0.0197. The lowest BCUT2D eigenvalue weighted by atomic mass is 9.84. The van der Waals surface area contributed by atoms with Crippen LogP contribution in [0.15, 0.2) is 56.6 Å². The van der Waals surface area contributed by atoms with Crippen LogP contribution in [-0.2, 0) is 49.3 Å². The number of carbonyl (C=O) groups excluding carboxylic acids is 4. The zero-order chi connectivity index (χ0) is 53.4. The number of ether oxygens (including phenoxy) is 6. The fourth-order valence-electron chi connectivity index (χ4n) is 9.61. The van der Waals surface area contributed by atoms with Crippen LogP contribution in [0.3, 0.4) is 0 Å². The zero-order valence-corrected chi connectivity index (χ0v) is 44.0. The van der Waals surface area contributed by atoms with Crippen molar-refractivity contribution in [1.82, 2.24) is 34.8 Å². The molecule has 0 radical (unpaired) electrons. The molecule has 0 aromatic carbocycles. The van der Waals surface area contributed by atoms with E-state index in [1.165, 1.54) is 23.7 Å². The van der Waals surface area contributed by atoms with Gasteiger partial charge in [0.25, 0.3) is 0 Å². The molecule has 0 aliphatic carbocycles. The van der Waals surface area contributed by atoms with Gasteiger partial charge < -0.3 is 58.0 Å². The summed E-state index contributed by atoms with van der Waals surface area (Å²) < 4.78 is 55.1. The average molecular weight is 1020 g/mol. The number of nitrogens with two attached hydrogens (primary N) is 2. The third-order valence-electron chi connectivity index (χ3n) is 13.9. The van der Waals surface area contributed by atoms with Gasteiger partial charge in [0, 0.05) is 84.7 Å². The molecule has 4 aromatic rings. The van der Waals surface area contributed by atoms with Gasteiger partial charge in [-0.25, -0.2) is 24.4 Å². The first-order valence-electron chi connectivity index (χ1n) is 24.7. The maximum absolute atomic E-state index is 14.2. The molecule has 4 N–H and O–H groups in total. The summed E-state index contributed by atoms with van der Waals surface area (Å²) in [6.45, 7) is 11.8. The number of esters is 1. The lowest BCUT2D eigenvalue weighted by Crippen LogP contribution is -2.39. The summed E-state index contributed by atoms with van der Waals surface area (Å²) in [6, 6.07) is -0.372. The zero-order valence-electron chi connectivity index (χ0n) is 44.0. The van der Waals surface area contributed by atoms with Gasteiger partial charge in [-0.1, -0.05) is 58.9 Å². The molecule has 13 atom stereocenters. The van der Waals surface area contributed by atoms with E-state index < -0.39 is 60.5 Å². The van der Waals surface area contributed by atoms with Crippen LogP contribution in [0, 0.1) is 35.5 Å². The highest BCUT2D eigenvalue weighted by Gasteiger charge is 2.37. The van der Waals surface area contributed by atoms with Gasteiger partial charge in [0.05, 0.1) is 42.7 Å². The number of aromatic nitrogens is 6. The van der Waals surface area contributed by atoms with E-state index in [-0.39, 0.29) is 85.4 Å². The molecule has 402 valence electrons. The highest BCUT2D eigenvalue weighted by molar-refractivity contribution is 5.81. The standard InChI is InChI=1S/C51H75N9O13/c1-29-19-36(72-51(53)64)21-46(63)73-44(22-43(66-9)30(2)15-16-41(62)33(5)47(67-10)31(3)17-18-59(7)28-61)34(6)42(65-8)13-12-14-45-54-38(26-69-45)49-56-39(27-71-49)50-55-37(25-70-50)48(68-11)32(4)40(20-29)60-24-35(23-52)57-58-60/h12,14,17-18,24-34,36,40,42-44,47-48H,13,15-16,19-23,52H2,1-11H3,(H2,53,64)/b14-12+,18-17+/t29-,30-,31+,32-,33-,34-,36?,40+,42-,43+,44-,47+,48-/m0/s1. The van der Waals surface area contributed by atoms with Crippen molar-refractivity contribution >= 4 is 30.3 Å². The molecule has 6 bridgehead atoms. The molecular formula is C51H75N9O13. The number of Topliss-reactive ketones (excluding diaryl/α,β-unsaturated/α-hetero) is 1. The third kappa shape index (κ3) is 16.0. The second-order valence-electron chi connectivity index (χ2n) is 19.3. The highest BCUT2D eigenvalue weighted by atomic mass is 16.6. The van der Waals surface area contributed by atoms with Crippen LogP contribution in [0.2, 0.25) is 0 Å². The minimum atomic E-state index is -1.04. The monoisotopic (exact) mass is 1020 g/mol. The second kappa shape index (κ2) is 27.8. The van der Waals surface area contributed by atoms with Crippen molar-refractivity contribution in [2.75, 3.05) is 35.5 Å². The van der Waals surface area contributed by atoms with E-state index >= 15 is 0 Å². The number of carbonyl (C=O) groups is 4.